The molecule has 0 bridgehead atoms. The zero-order chi connectivity index (χ0) is 49.7. The van der Waals surface area contributed by atoms with Gasteiger partial charge in [0.2, 0.25) is 11.9 Å². The van der Waals surface area contributed by atoms with E-state index in [0.717, 1.165) is 49.6 Å². The number of anilines is 4. The molecule has 6 aromatic rings. The van der Waals surface area contributed by atoms with E-state index in [1.54, 1.807) is 26.0 Å². The van der Waals surface area contributed by atoms with Crippen molar-refractivity contribution in [3.8, 4) is 11.5 Å². The highest BCUT2D eigenvalue weighted by Gasteiger charge is 2.37. The van der Waals surface area contributed by atoms with Gasteiger partial charge in [0.15, 0.2) is 0 Å². The predicted octanol–water partition coefficient (Wildman–Crippen LogP) is 14.1. The van der Waals surface area contributed by atoms with E-state index in [0.29, 0.717) is 57.3 Å². The molecule has 4 atom stereocenters. The lowest BCUT2D eigenvalue weighted by molar-refractivity contribution is -0.275. The number of aryl methyl sites for hydroxylation is 2. The number of aromatic nitrogens is 4. The lowest BCUT2D eigenvalue weighted by atomic mass is 9.70. The van der Waals surface area contributed by atoms with Crippen LogP contribution in [-0.4, -0.2) is 54.0 Å². The smallest absolute Gasteiger partial charge is 0.478 e. The van der Waals surface area contributed by atoms with Crippen LogP contribution in [0.5, 0.6) is 11.5 Å². The van der Waals surface area contributed by atoms with E-state index < -0.39 is 24.7 Å². The van der Waals surface area contributed by atoms with Crippen molar-refractivity contribution < 1.29 is 55.6 Å². The van der Waals surface area contributed by atoms with E-state index in [1.165, 1.54) is 48.5 Å². The van der Waals surface area contributed by atoms with Crippen molar-refractivity contribution in [1.29, 1.82) is 0 Å². The second-order valence-electron chi connectivity index (χ2n) is 20.1. The Morgan fingerprint density at radius 2 is 0.941 bits per heavy atom. The molecule has 0 spiro atoms. The quantitative estimate of drug-likeness (QED) is 0.0976. The van der Waals surface area contributed by atoms with Gasteiger partial charge in [0.25, 0.3) is 0 Å². The molecular formula is C50H56F6N6O6. The number of benzene rings is 4. The van der Waals surface area contributed by atoms with Crippen LogP contribution in [0.2, 0.25) is 0 Å². The molecule has 8 rings (SSSR count). The number of nitrogens with zero attached hydrogens (tertiary/aromatic N) is 4. The second-order valence-corrected chi connectivity index (χ2v) is 20.1. The molecule has 2 aliphatic rings. The summed E-state index contributed by atoms with van der Waals surface area (Å²) in [7, 11) is 0. The van der Waals surface area contributed by atoms with Crippen molar-refractivity contribution in [2.45, 2.75) is 119 Å². The first-order valence-corrected chi connectivity index (χ1v) is 22.4. The van der Waals surface area contributed by atoms with Gasteiger partial charge in [-0.25, -0.2) is 19.6 Å². The van der Waals surface area contributed by atoms with Gasteiger partial charge in [-0.05, 0) is 159 Å². The summed E-state index contributed by atoms with van der Waals surface area (Å²) in [6, 6.07) is 18.0. The van der Waals surface area contributed by atoms with Crippen LogP contribution in [0.3, 0.4) is 0 Å². The van der Waals surface area contributed by atoms with E-state index in [-0.39, 0.29) is 45.5 Å². The van der Waals surface area contributed by atoms with Crippen LogP contribution in [-0.2, 0) is 0 Å². The van der Waals surface area contributed by atoms with Crippen molar-refractivity contribution >= 4 is 57.3 Å². The van der Waals surface area contributed by atoms with Gasteiger partial charge in [-0.2, -0.15) is 0 Å². The fraction of sp³-hybridized carbons (Fsp3) is 0.440. The number of aromatic carboxylic acids is 2. The standard InChI is InChI=1S/2C25H28F3N3O3/c2*1-14-9-17(13-24(3,4)12-14)31-21-10-15(2)19(22(32)33)11-20(21)30-23(31)29-16-5-7-18(8-6-16)34-25(26,27)28/h2*5-8,10-11,14,17H,9,12-13H2,1-4H3,(H,29,30)(H,32,33)/t2*14-,17-/m10/s1. The molecule has 18 heteroatoms. The van der Waals surface area contributed by atoms with Gasteiger partial charge in [0.05, 0.1) is 33.2 Å². The Morgan fingerprint density at radius 3 is 1.24 bits per heavy atom. The van der Waals surface area contributed by atoms with Crippen LogP contribution in [0.15, 0.2) is 72.8 Å². The SMILES string of the molecule is Cc1cc2c(cc1C(=O)O)nc(Nc1ccc(OC(F)(F)F)cc1)n2[C@@H]1C[C@@H](C)CC(C)(C)C1.Cc1cc2c(cc1C(=O)O)nc(Nc1ccc(OC(F)(F)F)cc1)n2[C@H]1C[C@H](C)CC(C)(C)C1. The molecule has 0 amide bonds. The maximum absolute atomic E-state index is 12.5. The number of carboxylic acid groups (broad SMARTS) is 2. The summed E-state index contributed by atoms with van der Waals surface area (Å²) in [5.41, 5.74) is 5.78. The Morgan fingerprint density at radius 1 is 0.603 bits per heavy atom. The Kier molecular flexibility index (Phi) is 13.5. The minimum atomic E-state index is -4.76. The summed E-state index contributed by atoms with van der Waals surface area (Å²) in [5.74, 6) is -0.610. The molecule has 2 heterocycles. The highest BCUT2D eigenvalue weighted by Crippen LogP contribution is 2.48. The fourth-order valence-corrected chi connectivity index (χ4v) is 10.6. The van der Waals surface area contributed by atoms with Crippen LogP contribution in [0.4, 0.5) is 49.6 Å². The van der Waals surface area contributed by atoms with Crippen molar-refractivity contribution in [2.24, 2.45) is 22.7 Å². The summed E-state index contributed by atoms with van der Waals surface area (Å²) in [6.45, 7) is 17.0. The zero-order valence-electron chi connectivity index (χ0n) is 39.1. The van der Waals surface area contributed by atoms with Crippen molar-refractivity contribution in [3.63, 3.8) is 0 Å². The van der Waals surface area contributed by atoms with Gasteiger partial charge >= 0.3 is 24.7 Å². The molecule has 2 aromatic heterocycles. The average molecular weight is 951 g/mol. The summed E-state index contributed by atoms with van der Waals surface area (Å²) in [6.07, 6.45) is -3.54. The highest BCUT2D eigenvalue weighted by molar-refractivity contribution is 5.96. The van der Waals surface area contributed by atoms with E-state index in [1.807, 2.05) is 12.1 Å². The number of ether oxygens (including phenoxy) is 2. The summed E-state index contributed by atoms with van der Waals surface area (Å²) in [5, 5.41) is 25.6. The summed E-state index contributed by atoms with van der Waals surface area (Å²) < 4.78 is 87.1. The van der Waals surface area contributed by atoms with Crippen LogP contribution in [0, 0.1) is 36.5 Å². The normalized spacial score (nSPS) is 20.3. The first kappa shape index (κ1) is 49.4. The zero-order valence-corrected chi connectivity index (χ0v) is 39.1. The Bertz CT molecular complexity index is 2620. The number of rotatable bonds is 10. The highest BCUT2D eigenvalue weighted by atomic mass is 19.4. The maximum atomic E-state index is 12.5. The first-order chi connectivity index (χ1) is 31.6. The number of hydrogen-bond donors (Lipinski definition) is 4. The maximum Gasteiger partial charge on any atom is 0.573 e. The van der Waals surface area contributed by atoms with Crippen LogP contribution in [0.1, 0.15) is 124 Å². The molecule has 0 unspecified atom stereocenters. The molecule has 0 radical (unpaired) electrons. The topological polar surface area (TPSA) is 153 Å². The largest absolute Gasteiger partial charge is 0.573 e. The molecule has 4 N–H and O–H groups in total. The molecule has 12 nitrogen and oxygen atoms in total. The molecule has 2 fully saturated rings. The lowest BCUT2D eigenvalue weighted by Crippen LogP contribution is -2.29. The molecule has 2 saturated carbocycles. The van der Waals surface area contributed by atoms with E-state index in [9.17, 15) is 46.1 Å². The number of nitrogens with one attached hydrogen (secondary N) is 2. The van der Waals surface area contributed by atoms with Gasteiger partial charge in [-0.1, -0.05) is 41.5 Å². The van der Waals surface area contributed by atoms with Gasteiger partial charge in [0.1, 0.15) is 11.5 Å². The number of fused-ring (bicyclic) bond motifs is 2. The number of carbonyl (C=O) groups is 2. The van der Waals surface area contributed by atoms with Gasteiger partial charge in [0, 0.05) is 23.5 Å². The minimum Gasteiger partial charge on any atom is -0.478 e. The molecule has 2 aliphatic carbocycles. The minimum absolute atomic E-state index is 0.128. The second kappa shape index (κ2) is 18.6. The Balaban J connectivity index is 0.000000201. The lowest BCUT2D eigenvalue weighted by Gasteiger charge is -2.40. The Labute approximate surface area is 389 Å². The van der Waals surface area contributed by atoms with E-state index in [4.69, 9.17) is 9.97 Å². The number of halogens is 6. The predicted molar refractivity (Wildman–Crippen MR) is 247 cm³/mol. The third-order valence-electron chi connectivity index (χ3n) is 12.7. The fourth-order valence-electron chi connectivity index (χ4n) is 10.6. The number of carboxylic acids is 2. The number of hydrogen-bond acceptors (Lipinski definition) is 8. The molecule has 0 saturated heterocycles. The molecule has 364 valence electrons. The van der Waals surface area contributed by atoms with E-state index in [2.05, 4.69) is 70.8 Å². The van der Waals surface area contributed by atoms with Gasteiger partial charge < -0.3 is 39.5 Å². The monoisotopic (exact) mass is 950 g/mol. The summed E-state index contributed by atoms with van der Waals surface area (Å²) in [4.78, 5) is 32.7. The van der Waals surface area contributed by atoms with Crippen molar-refractivity contribution in [1.82, 2.24) is 19.1 Å². The van der Waals surface area contributed by atoms with Gasteiger partial charge in [-0.3, -0.25) is 0 Å². The molecule has 4 aromatic carbocycles. The number of imidazole rings is 2. The van der Waals surface area contributed by atoms with Crippen LogP contribution in [0.25, 0.3) is 22.1 Å². The molecular weight excluding hydrogens is 895 g/mol. The number of alkyl halides is 6. The van der Waals surface area contributed by atoms with Crippen LogP contribution < -0.4 is 20.1 Å². The summed E-state index contributed by atoms with van der Waals surface area (Å²) >= 11 is 0. The third kappa shape index (κ3) is 11.8. The van der Waals surface area contributed by atoms with Crippen LogP contribution >= 0.6 is 0 Å². The molecule has 68 heavy (non-hydrogen) atoms. The first-order valence-electron chi connectivity index (χ1n) is 22.4. The molecule has 0 aliphatic heterocycles. The van der Waals surface area contributed by atoms with E-state index >= 15 is 0 Å². The van der Waals surface area contributed by atoms with Gasteiger partial charge in [-0.15, -0.1) is 26.3 Å². The average Bonchev–Trinajstić information content (AvgIpc) is 3.72. The third-order valence-corrected chi connectivity index (χ3v) is 12.7. The Hall–Kier alpha value is -6.46. The van der Waals surface area contributed by atoms with Crippen molar-refractivity contribution in [3.05, 3.63) is 95.1 Å². The van der Waals surface area contributed by atoms with Crippen molar-refractivity contribution in [2.75, 3.05) is 10.6 Å².